The van der Waals surface area contributed by atoms with Crippen LogP contribution in [0.25, 0.3) is 11.0 Å². The van der Waals surface area contributed by atoms with Crippen LogP contribution in [0.15, 0.2) is 42.5 Å². The summed E-state index contributed by atoms with van der Waals surface area (Å²) in [7, 11) is 0. The molecule has 144 valence electrons. The zero-order chi connectivity index (χ0) is 19.7. The van der Waals surface area contributed by atoms with Crippen LogP contribution in [-0.4, -0.2) is 44.9 Å². The Balaban J connectivity index is 1.64. The van der Waals surface area contributed by atoms with Crippen molar-refractivity contribution in [2.75, 3.05) is 18.4 Å². The highest BCUT2D eigenvalue weighted by Gasteiger charge is 2.33. The Morgan fingerprint density at radius 3 is 2.86 bits per heavy atom. The first-order chi connectivity index (χ1) is 13.5. The third kappa shape index (κ3) is 3.31. The number of likely N-dealkylation sites (tertiary alicyclic amines) is 1. The fourth-order valence-electron chi connectivity index (χ4n) is 3.80. The minimum Gasteiger partial charge on any atom is -0.480 e. The Kier molecular flexibility index (Phi) is 4.73. The van der Waals surface area contributed by atoms with Gasteiger partial charge in [-0.25, -0.2) is 4.98 Å². The van der Waals surface area contributed by atoms with Crippen LogP contribution in [0.2, 0.25) is 0 Å². The maximum atomic E-state index is 13.3. The number of nitrogens with one attached hydrogen (secondary N) is 2. The number of carboxylic acids is 1. The SMILES string of the molecule is Cc1cccc2[nH]c(C3CCCN3C(=O)c3ccccc3NCC(=O)O)nc12. The number of carbonyl (C=O) groups excluding carboxylic acids is 1. The number of benzene rings is 2. The van der Waals surface area contributed by atoms with Gasteiger partial charge in [-0.2, -0.15) is 0 Å². The van der Waals surface area contributed by atoms with Crippen molar-refractivity contribution in [3.8, 4) is 0 Å². The van der Waals surface area contributed by atoms with Crippen LogP contribution < -0.4 is 5.32 Å². The molecule has 0 radical (unpaired) electrons. The second-order valence-electron chi connectivity index (χ2n) is 7.04. The number of aromatic nitrogens is 2. The molecule has 1 atom stereocenters. The smallest absolute Gasteiger partial charge is 0.322 e. The number of amides is 1. The van der Waals surface area contributed by atoms with Gasteiger partial charge in [0.1, 0.15) is 12.4 Å². The molecule has 28 heavy (non-hydrogen) atoms. The maximum Gasteiger partial charge on any atom is 0.322 e. The molecule has 1 aliphatic rings. The number of hydrogen-bond donors (Lipinski definition) is 3. The first-order valence-electron chi connectivity index (χ1n) is 9.35. The minimum atomic E-state index is -0.973. The van der Waals surface area contributed by atoms with E-state index in [2.05, 4.69) is 10.3 Å². The predicted octanol–water partition coefficient (Wildman–Crippen LogP) is 3.35. The molecule has 2 heterocycles. The van der Waals surface area contributed by atoms with Gasteiger partial charge in [-0.05, 0) is 43.5 Å². The number of anilines is 1. The molecule has 4 rings (SSSR count). The number of aliphatic carboxylic acids is 1. The van der Waals surface area contributed by atoms with Gasteiger partial charge in [0, 0.05) is 12.2 Å². The summed E-state index contributed by atoms with van der Waals surface area (Å²) in [5.74, 6) is -0.293. The summed E-state index contributed by atoms with van der Waals surface area (Å²) in [6.07, 6.45) is 1.74. The number of aryl methyl sites for hydroxylation is 1. The number of fused-ring (bicyclic) bond motifs is 1. The lowest BCUT2D eigenvalue weighted by molar-refractivity contribution is -0.134. The molecule has 7 heteroatoms. The van der Waals surface area contributed by atoms with E-state index < -0.39 is 5.97 Å². The van der Waals surface area contributed by atoms with Crippen molar-refractivity contribution in [1.29, 1.82) is 0 Å². The van der Waals surface area contributed by atoms with E-state index >= 15 is 0 Å². The molecule has 3 N–H and O–H groups in total. The number of imidazole rings is 1. The molecule has 0 saturated carbocycles. The normalized spacial score (nSPS) is 16.5. The minimum absolute atomic E-state index is 0.117. The van der Waals surface area contributed by atoms with Crippen LogP contribution >= 0.6 is 0 Å². The van der Waals surface area contributed by atoms with E-state index in [1.54, 1.807) is 24.3 Å². The van der Waals surface area contributed by atoms with Crippen LogP contribution in [0.1, 0.15) is 40.6 Å². The molecule has 0 bridgehead atoms. The van der Waals surface area contributed by atoms with Crippen molar-refractivity contribution in [2.45, 2.75) is 25.8 Å². The number of hydrogen-bond acceptors (Lipinski definition) is 4. The summed E-state index contributed by atoms with van der Waals surface area (Å²) >= 11 is 0. The number of carboxylic acid groups (broad SMARTS) is 1. The van der Waals surface area contributed by atoms with Crippen molar-refractivity contribution in [1.82, 2.24) is 14.9 Å². The molecule has 1 unspecified atom stereocenters. The van der Waals surface area contributed by atoms with Gasteiger partial charge in [0.15, 0.2) is 0 Å². The number of aromatic amines is 1. The number of carbonyl (C=O) groups is 2. The van der Waals surface area contributed by atoms with Crippen molar-refractivity contribution >= 4 is 28.6 Å². The monoisotopic (exact) mass is 378 g/mol. The van der Waals surface area contributed by atoms with Crippen molar-refractivity contribution < 1.29 is 14.7 Å². The lowest BCUT2D eigenvalue weighted by Gasteiger charge is -2.24. The van der Waals surface area contributed by atoms with Crippen LogP contribution in [0.4, 0.5) is 5.69 Å². The Hall–Kier alpha value is -3.35. The summed E-state index contributed by atoms with van der Waals surface area (Å²) in [5, 5.41) is 11.8. The second-order valence-corrected chi connectivity index (χ2v) is 7.04. The van der Waals surface area contributed by atoms with Gasteiger partial charge in [-0.3, -0.25) is 9.59 Å². The molecule has 1 amide bonds. The lowest BCUT2D eigenvalue weighted by atomic mass is 10.1. The Bertz CT molecular complexity index is 1040. The van der Waals surface area contributed by atoms with Crippen molar-refractivity contribution in [3.05, 3.63) is 59.4 Å². The van der Waals surface area contributed by atoms with Crippen LogP contribution in [-0.2, 0) is 4.79 Å². The van der Waals surface area contributed by atoms with E-state index in [1.807, 2.05) is 30.0 Å². The molecule has 1 fully saturated rings. The molecular weight excluding hydrogens is 356 g/mol. The van der Waals surface area contributed by atoms with Crippen LogP contribution in [0.5, 0.6) is 0 Å². The van der Waals surface area contributed by atoms with Gasteiger partial charge in [0.2, 0.25) is 0 Å². The average molecular weight is 378 g/mol. The summed E-state index contributed by atoms with van der Waals surface area (Å²) in [5.41, 5.74) is 4.00. The van der Waals surface area contributed by atoms with E-state index in [4.69, 9.17) is 10.1 Å². The van der Waals surface area contributed by atoms with E-state index in [0.29, 0.717) is 17.8 Å². The average Bonchev–Trinajstić information content (AvgIpc) is 3.33. The summed E-state index contributed by atoms with van der Waals surface area (Å²) in [6.45, 7) is 2.43. The van der Waals surface area contributed by atoms with Gasteiger partial charge in [-0.15, -0.1) is 0 Å². The molecule has 0 aliphatic carbocycles. The van der Waals surface area contributed by atoms with Gasteiger partial charge >= 0.3 is 5.97 Å². The zero-order valence-electron chi connectivity index (χ0n) is 15.6. The highest BCUT2D eigenvalue weighted by atomic mass is 16.4. The maximum absolute atomic E-state index is 13.3. The molecule has 1 saturated heterocycles. The standard InChI is InChI=1S/C21H22N4O3/c1-13-6-4-9-16-19(13)24-20(23-16)17-10-5-11-25(17)21(28)14-7-2-3-8-15(14)22-12-18(26)27/h2-4,6-9,17,22H,5,10-12H2,1H3,(H,23,24)(H,26,27). The molecule has 0 spiro atoms. The molecule has 3 aromatic rings. The first kappa shape index (κ1) is 18.0. The Morgan fingerprint density at radius 1 is 1.25 bits per heavy atom. The van der Waals surface area contributed by atoms with Gasteiger partial charge in [0.25, 0.3) is 5.91 Å². The predicted molar refractivity (Wildman–Crippen MR) is 106 cm³/mol. The lowest BCUT2D eigenvalue weighted by Crippen LogP contribution is -2.32. The third-order valence-corrected chi connectivity index (χ3v) is 5.15. The fourth-order valence-corrected chi connectivity index (χ4v) is 3.80. The molecular formula is C21H22N4O3. The molecule has 7 nitrogen and oxygen atoms in total. The van der Waals surface area contributed by atoms with Crippen LogP contribution in [0, 0.1) is 6.92 Å². The molecule has 1 aliphatic heterocycles. The third-order valence-electron chi connectivity index (χ3n) is 5.15. The van der Waals surface area contributed by atoms with Gasteiger partial charge < -0.3 is 20.3 Å². The highest BCUT2D eigenvalue weighted by molar-refractivity contribution is 6.00. The van der Waals surface area contributed by atoms with Gasteiger partial charge in [-0.1, -0.05) is 24.3 Å². The largest absolute Gasteiger partial charge is 0.480 e. The fraction of sp³-hybridized carbons (Fsp3) is 0.286. The van der Waals surface area contributed by atoms with Gasteiger partial charge in [0.05, 0.1) is 22.6 Å². The Labute approximate surface area is 162 Å². The van der Waals surface area contributed by atoms with Crippen LogP contribution in [0.3, 0.4) is 0 Å². The quantitative estimate of drug-likeness (QED) is 0.632. The highest BCUT2D eigenvalue weighted by Crippen LogP contribution is 2.34. The van der Waals surface area contributed by atoms with Crippen molar-refractivity contribution in [3.63, 3.8) is 0 Å². The number of rotatable bonds is 5. The van der Waals surface area contributed by atoms with E-state index in [0.717, 1.165) is 35.3 Å². The summed E-state index contributed by atoms with van der Waals surface area (Å²) in [6, 6.07) is 12.9. The Morgan fingerprint density at radius 2 is 2.07 bits per heavy atom. The van der Waals surface area contributed by atoms with E-state index in [-0.39, 0.29) is 18.5 Å². The zero-order valence-corrected chi connectivity index (χ0v) is 15.6. The molecule has 1 aromatic heterocycles. The second kappa shape index (κ2) is 7.34. The number of nitrogens with zero attached hydrogens (tertiary/aromatic N) is 2. The summed E-state index contributed by atoms with van der Waals surface area (Å²) < 4.78 is 0. The first-order valence-corrected chi connectivity index (χ1v) is 9.35. The number of H-pyrrole nitrogens is 1. The van der Waals surface area contributed by atoms with E-state index in [1.165, 1.54) is 0 Å². The number of para-hydroxylation sites is 2. The van der Waals surface area contributed by atoms with E-state index in [9.17, 15) is 9.59 Å². The van der Waals surface area contributed by atoms with Crippen molar-refractivity contribution in [2.24, 2.45) is 0 Å². The molecule has 2 aromatic carbocycles. The summed E-state index contributed by atoms with van der Waals surface area (Å²) in [4.78, 5) is 34.1. The topological polar surface area (TPSA) is 98.3 Å².